The standard InChI is InChI=1S/C24H22FN3O3S/c1-17-6-11-22-20(16-17)24(26-21-4-2-3-5-23(21)31-22)27-12-14-28(15-13-27)32(29,30)19-9-7-18(25)8-10-19/h2-11,16H,12-15H2,1H3. The van der Waals surface area contributed by atoms with Crippen molar-refractivity contribution in [1.82, 2.24) is 9.21 Å². The van der Waals surface area contributed by atoms with Crippen molar-refractivity contribution in [2.24, 2.45) is 4.99 Å². The molecule has 0 bridgehead atoms. The van der Waals surface area contributed by atoms with E-state index in [4.69, 9.17) is 9.73 Å². The number of sulfonamides is 1. The normalized spacial score (nSPS) is 16.4. The molecule has 6 nitrogen and oxygen atoms in total. The van der Waals surface area contributed by atoms with Gasteiger partial charge < -0.3 is 9.64 Å². The van der Waals surface area contributed by atoms with Gasteiger partial charge in [0, 0.05) is 26.2 Å². The number of amidine groups is 1. The summed E-state index contributed by atoms with van der Waals surface area (Å²) in [5.41, 5.74) is 2.71. The average molecular weight is 452 g/mol. The summed E-state index contributed by atoms with van der Waals surface area (Å²) in [6.07, 6.45) is 0. The van der Waals surface area contributed by atoms with Crippen LogP contribution < -0.4 is 4.74 Å². The maximum absolute atomic E-state index is 13.2. The van der Waals surface area contributed by atoms with Crippen LogP contribution in [0.2, 0.25) is 0 Å². The van der Waals surface area contributed by atoms with E-state index in [1.807, 2.05) is 49.4 Å². The fraction of sp³-hybridized carbons (Fsp3) is 0.208. The van der Waals surface area contributed by atoms with Crippen molar-refractivity contribution in [1.29, 1.82) is 0 Å². The van der Waals surface area contributed by atoms with Crippen molar-refractivity contribution in [3.05, 3.63) is 83.7 Å². The Kier molecular flexibility index (Phi) is 5.19. The van der Waals surface area contributed by atoms with Crippen molar-refractivity contribution >= 4 is 21.5 Å². The molecule has 0 amide bonds. The number of aliphatic imine (C=N–C) groups is 1. The van der Waals surface area contributed by atoms with Gasteiger partial charge in [0.15, 0.2) is 5.75 Å². The van der Waals surface area contributed by atoms with E-state index >= 15 is 0 Å². The van der Waals surface area contributed by atoms with Crippen molar-refractivity contribution in [2.75, 3.05) is 26.2 Å². The van der Waals surface area contributed by atoms with Crippen LogP contribution in [0.15, 0.2) is 76.6 Å². The molecule has 0 N–H and O–H groups in total. The summed E-state index contributed by atoms with van der Waals surface area (Å²) in [4.78, 5) is 7.11. The lowest BCUT2D eigenvalue weighted by Gasteiger charge is -2.36. The van der Waals surface area contributed by atoms with Gasteiger partial charge in [0.1, 0.15) is 23.1 Å². The minimum Gasteiger partial charge on any atom is -0.454 e. The molecule has 0 saturated carbocycles. The molecule has 2 aliphatic heterocycles. The number of benzene rings is 3. The zero-order valence-corrected chi connectivity index (χ0v) is 18.3. The molecule has 2 heterocycles. The monoisotopic (exact) mass is 451 g/mol. The molecule has 1 fully saturated rings. The third-order valence-corrected chi connectivity index (χ3v) is 7.59. The van der Waals surface area contributed by atoms with Crippen LogP contribution in [0.25, 0.3) is 0 Å². The van der Waals surface area contributed by atoms with Gasteiger partial charge >= 0.3 is 0 Å². The molecule has 5 rings (SSSR count). The Morgan fingerprint density at radius 3 is 2.38 bits per heavy atom. The zero-order valence-electron chi connectivity index (χ0n) is 17.5. The third kappa shape index (κ3) is 3.76. The molecule has 32 heavy (non-hydrogen) atoms. The van der Waals surface area contributed by atoms with Gasteiger partial charge in [0.05, 0.1) is 10.5 Å². The summed E-state index contributed by atoms with van der Waals surface area (Å²) in [6, 6.07) is 18.5. The zero-order chi connectivity index (χ0) is 22.3. The van der Waals surface area contributed by atoms with E-state index in [0.717, 1.165) is 28.4 Å². The summed E-state index contributed by atoms with van der Waals surface area (Å²) in [6.45, 7) is 3.59. The van der Waals surface area contributed by atoms with Crippen molar-refractivity contribution in [2.45, 2.75) is 11.8 Å². The van der Waals surface area contributed by atoms with Crippen LogP contribution in [0.5, 0.6) is 11.5 Å². The second kappa shape index (κ2) is 8.03. The highest BCUT2D eigenvalue weighted by molar-refractivity contribution is 7.89. The molecule has 0 unspecified atom stereocenters. The van der Waals surface area contributed by atoms with E-state index in [-0.39, 0.29) is 4.90 Å². The Balaban J connectivity index is 1.44. The van der Waals surface area contributed by atoms with E-state index in [1.54, 1.807) is 0 Å². The first kappa shape index (κ1) is 20.7. The number of hydrogen-bond acceptors (Lipinski definition) is 5. The van der Waals surface area contributed by atoms with Gasteiger partial charge in [-0.2, -0.15) is 4.31 Å². The molecule has 3 aromatic rings. The van der Waals surface area contributed by atoms with Crippen LogP contribution >= 0.6 is 0 Å². The fourth-order valence-electron chi connectivity index (χ4n) is 3.97. The Bertz CT molecular complexity index is 1300. The topological polar surface area (TPSA) is 62.2 Å². The number of aryl methyl sites for hydroxylation is 1. The minimum absolute atomic E-state index is 0.0995. The Morgan fingerprint density at radius 1 is 0.906 bits per heavy atom. The SMILES string of the molecule is Cc1ccc2c(c1)C(N1CCN(S(=O)(=O)c3ccc(F)cc3)CC1)=Nc1ccccc1O2. The Morgan fingerprint density at radius 2 is 1.62 bits per heavy atom. The van der Waals surface area contributed by atoms with Crippen LogP contribution in [0.4, 0.5) is 10.1 Å². The van der Waals surface area contributed by atoms with Gasteiger partial charge in [-0.3, -0.25) is 0 Å². The van der Waals surface area contributed by atoms with Gasteiger partial charge in [-0.1, -0.05) is 23.8 Å². The van der Waals surface area contributed by atoms with Crippen molar-refractivity contribution in [3.8, 4) is 11.5 Å². The number of nitrogens with zero attached hydrogens (tertiary/aromatic N) is 3. The molecule has 0 aliphatic carbocycles. The average Bonchev–Trinajstić information content (AvgIpc) is 2.96. The molecule has 0 aromatic heterocycles. The summed E-state index contributed by atoms with van der Waals surface area (Å²) in [5.74, 6) is 1.72. The maximum atomic E-state index is 13.2. The summed E-state index contributed by atoms with van der Waals surface area (Å²) in [7, 11) is -3.68. The first-order chi connectivity index (χ1) is 15.4. The minimum atomic E-state index is -3.68. The van der Waals surface area contributed by atoms with Crippen LogP contribution in [-0.2, 0) is 10.0 Å². The molecule has 1 saturated heterocycles. The van der Waals surface area contributed by atoms with Gasteiger partial charge in [-0.05, 0) is 55.5 Å². The lowest BCUT2D eigenvalue weighted by Crippen LogP contribution is -2.50. The van der Waals surface area contributed by atoms with Gasteiger partial charge in [-0.25, -0.2) is 17.8 Å². The quantitative estimate of drug-likeness (QED) is 0.582. The van der Waals surface area contributed by atoms with Gasteiger partial charge in [-0.15, -0.1) is 0 Å². The summed E-state index contributed by atoms with van der Waals surface area (Å²) >= 11 is 0. The van der Waals surface area contributed by atoms with E-state index < -0.39 is 15.8 Å². The number of fused-ring (bicyclic) bond motifs is 2. The van der Waals surface area contributed by atoms with E-state index in [1.165, 1.54) is 28.6 Å². The van der Waals surface area contributed by atoms with E-state index in [9.17, 15) is 12.8 Å². The Hall–Kier alpha value is -3.23. The highest BCUT2D eigenvalue weighted by Gasteiger charge is 2.31. The number of piperazine rings is 1. The number of ether oxygens (including phenoxy) is 1. The molecular weight excluding hydrogens is 429 g/mol. The smallest absolute Gasteiger partial charge is 0.243 e. The van der Waals surface area contributed by atoms with Crippen molar-refractivity contribution in [3.63, 3.8) is 0 Å². The molecule has 0 spiro atoms. The lowest BCUT2D eigenvalue weighted by molar-refractivity contribution is 0.266. The van der Waals surface area contributed by atoms with Gasteiger partial charge in [0.25, 0.3) is 0 Å². The molecule has 164 valence electrons. The largest absolute Gasteiger partial charge is 0.454 e. The van der Waals surface area contributed by atoms with E-state index in [2.05, 4.69) is 4.90 Å². The fourth-order valence-corrected chi connectivity index (χ4v) is 5.40. The maximum Gasteiger partial charge on any atom is 0.243 e. The highest BCUT2D eigenvalue weighted by Crippen LogP contribution is 2.38. The lowest BCUT2D eigenvalue weighted by atomic mass is 10.1. The summed E-state index contributed by atoms with van der Waals surface area (Å²) in [5, 5.41) is 0. The van der Waals surface area contributed by atoms with Crippen LogP contribution in [0.1, 0.15) is 11.1 Å². The molecular formula is C24H22FN3O3S. The molecule has 3 aromatic carbocycles. The third-order valence-electron chi connectivity index (χ3n) is 5.68. The predicted molar refractivity (Wildman–Crippen MR) is 121 cm³/mol. The van der Waals surface area contributed by atoms with Gasteiger partial charge in [0.2, 0.25) is 10.0 Å². The molecule has 2 aliphatic rings. The molecule has 8 heteroatoms. The highest BCUT2D eigenvalue weighted by atomic mass is 32.2. The number of para-hydroxylation sites is 2. The number of rotatable bonds is 2. The second-order valence-electron chi connectivity index (χ2n) is 7.85. The van der Waals surface area contributed by atoms with Crippen LogP contribution in [-0.4, -0.2) is 49.6 Å². The first-order valence-electron chi connectivity index (χ1n) is 10.4. The van der Waals surface area contributed by atoms with Crippen LogP contribution in [0, 0.1) is 12.7 Å². The van der Waals surface area contributed by atoms with Crippen LogP contribution in [0.3, 0.4) is 0 Å². The predicted octanol–water partition coefficient (Wildman–Crippen LogP) is 4.32. The number of hydrogen-bond donors (Lipinski definition) is 0. The first-order valence-corrected chi connectivity index (χ1v) is 11.8. The number of halogens is 1. The molecule has 0 atom stereocenters. The Labute approximate surface area is 186 Å². The molecule has 0 radical (unpaired) electrons. The van der Waals surface area contributed by atoms with E-state index in [0.29, 0.717) is 31.9 Å². The van der Waals surface area contributed by atoms with Crippen molar-refractivity contribution < 1.29 is 17.5 Å². The second-order valence-corrected chi connectivity index (χ2v) is 9.79. The summed E-state index contributed by atoms with van der Waals surface area (Å²) < 4.78 is 46.8.